The molecule has 1 aromatic rings. The third-order valence-corrected chi connectivity index (χ3v) is 2.39. The van der Waals surface area contributed by atoms with Crippen LogP contribution in [-0.2, 0) is 0 Å². The number of rotatable bonds is 3. The maximum atomic E-state index is 12.3. The molecule has 86 valence electrons. The van der Waals surface area contributed by atoms with E-state index in [-0.39, 0.29) is 11.4 Å². The number of hydrogen-bond donors (Lipinski definition) is 0. The number of carbonyl (C=O) groups excluding carboxylic acids is 1. The standard InChI is InChI=1S/C14H19NO/c1-5-11-15(14(2,3)4)13(16)12-9-7-6-8-10-12/h5-10H,1,11H2,2-4H3. The summed E-state index contributed by atoms with van der Waals surface area (Å²) in [6, 6.07) is 9.34. The fraction of sp³-hybridized carbons (Fsp3) is 0.357. The van der Waals surface area contributed by atoms with E-state index in [1.165, 1.54) is 0 Å². The molecule has 2 heteroatoms. The Bertz CT molecular complexity index is 362. The molecule has 1 rings (SSSR count). The van der Waals surface area contributed by atoms with Gasteiger partial charge in [-0.1, -0.05) is 24.3 Å². The minimum absolute atomic E-state index is 0.0491. The average Bonchev–Trinajstić information content (AvgIpc) is 2.25. The second-order valence-corrected chi connectivity index (χ2v) is 4.74. The van der Waals surface area contributed by atoms with Gasteiger partial charge in [-0.25, -0.2) is 0 Å². The molecule has 2 nitrogen and oxygen atoms in total. The van der Waals surface area contributed by atoms with Crippen LogP contribution in [0.15, 0.2) is 43.0 Å². The predicted molar refractivity (Wildman–Crippen MR) is 67.4 cm³/mol. The van der Waals surface area contributed by atoms with Crippen LogP contribution in [0.5, 0.6) is 0 Å². The van der Waals surface area contributed by atoms with Crippen LogP contribution < -0.4 is 0 Å². The lowest BCUT2D eigenvalue weighted by molar-refractivity contribution is 0.0616. The SMILES string of the molecule is C=CCN(C(=O)c1ccccc1)C(C)(C)C. The number of hydrogen-bond acceptors (Lipinski definition) is 1. The normalized spacial score (nSPS) is 10.9. The Hall–Kier alpha value is -1.57. The second-order valence-electron chi connectivity index (χ2n) is 4.74. The molecular formula is C14H19NO. The highest BCUT2D eigenvalue weighted by atomic mass is 16.2. The summed E-state index contributed by atoms with van der Waals surface area (Å²) < 4.78 is 0. The molecule has 0 aliphatic carbocycles. The van der Waals surface area contributed by atoms with Crippen molar-refractivity contribution in [1.29, 1.82) is 0 Å². The van der Waals surface area contributed by atoms with Crippen LogP contribution in [0.3, 0.4) is 0 Å². The van der Waals surface area contributed by atoms with E-state index in [1.54, 1.807) is 6.08 Å². The van der Waals surface area contributed by atoms with E-state index >= 15 is 0 Å². The molecule has 0 spiro atoms. The molecule has 0 saturated heterocycles. The van der Waals surface area contributed by atoms with Gasteiger partial charge < -0.3 is 4.90 Å². The first kappa shape index (κ1) is 12.5. The molecular weight excluding hydrogens is 198 g/mol. The molecule has 1 aromatic carbocycles. The Balaban J connectivity index is 2.97. The molecule has 0 saturated carbocycles. The van der Waals surface area contributed by atoms with Gasteiger partial charge in [-0.05, 0) is 32.9 Å². The lowest BCUT2D eigenvalue weighted by Crippen LogP contribution is -2.45. The fourth-order valence-electron chi connectivity index (χ4n) is 1.53. The summed E-state index contributed by atoms with van der Waals surface area (Å²) in [6.45, 7) is 10.3. The van der Waals surface area contributed by atoms with E-state index in [2.05, 4.69) is 6.58 Å². The summed E-state index contributed by atoms with van der Waals surface area (Å²) in [5.41, 5.74) is 0.528. The monoisotopic (exact) mass is 217 g/mol. The zero-order chi connectivity index (χ0) is 12.2. The van der Waals surface area contributed by atoms with E-state index < -0.39 is 0 Å². The molecule has 0 bridgehead atoms. The summed E-state index contributed by atoms with van der Waals surface area (Å²) >= 11 is 0. The molecule has 0 heterocycles. The van der Waals surface area contributed by atoms with Gasteiger partial charge in [0.1, 0.15) is 0 Å². The minimum atomic E-state index is -0.193. The van der Waals surface area contributed by atoms with Crippen molar-refractivity contribution in [3.63, 3.8) is 0 Å². The second kappa shape index (κ2) is 4.97. The number of amides is 1. The molecule has 16 heavy (non-hydrogen) atoms. The number of nitrogens with zero attached hydrogens (tertiary/aromatic N) is 1. The van der Waals surface area contributed by atoms with E-state index in [4.69, 9.17) is 0 Å². The van der Waals surface area contributed by atoms with Gasteiger partial charge in [0.25, 0.3) is 5.91 Å². The number of carbonyl (C=O) groups is 1. The first-order valence-electron chi connectivity index (χ1n) is 5.44. The van der Waals surface area contributed by atoms with Crippen molar-refractivity contribution >= 4 is 5.91 Å². The van der Waals surface area contributed by atoms with Gasteiger partial charge in [0.05, 0.1) is 0 Å². The molecule has 0 aliphatic rings. The molecule has 0 unspecified atom stereocenters. The van der Waals surface area contributed by atoms with Gasteiger partial charge in [0.2, 0.25) is 0 Å². The van der Waals surface area contributed by atoms with Crippen molar-refractivity contribution in [2.75, 3.05) is 6.54 Å². The Morgan fingerprint density at radius 1 is 1.31 bits per heavy atom. The Labute approximate surface area is 97.6 Å². The van der Waals surface area contributed by atoms with Gasteiger partial charge in [0.15, 0.2) is 0 Å². The summed E-state index contributed by atoms with van der Waals surface area (Å²) in [5.74, 6) is 0.0491. The maximum absolute atomic E-state index is 12.3. The van der Waals surface area contributed by atoms with Crippen molar-refractivity contribution in [3.05, 3.63) is 48.6 Å². The molecule has 0 atom stereocenters. The Morgan fingerprint density at radius 3 is 2.31 bits per heavy atom. The minimum Gasteiger partial charge on any atom is -0.330 e. The lowest BCUT2D eigenvalue weighted by Gasteiger charge is -2.35. The van der Waals surface area contributed by atoms with Crippen LogP contribution in [0, 0.1) is 0 Å². The third-order valence-electron chi connectivity index (χ3n) is 2.39. The lowest BCUT2D eigenvalue weighted by atomic mass is 10.0. The molecule has 0 radical (unpaired) electrons. The smallest absolute Gasteiger partial charge is 0.254 e. The van der Waals surface area contributed by atoms with E-state index in [0.29, 0.717) is 6.54 Å². The Kier molecular flexibility index (Phi) is 3.88. The summed E-state index contributed by atoms with van der Waals surface area (Å²) in [5, 5.41) is 0. The maximum Gasteiger partial charge on any atom is 0.254 e. The van der Waals surface area contributed by atoms with Crippen molar-refractivity contribution in [2.24, 2.45) is 0 Å². The van der Waals surface area contributed by atoms with Crippen molar-refractivity contribution in [1.82, 2.24) is 4.90 Å². The van der Waals surface area contributed by atoms with Crippen molar-refractivity contribution in [2.45, 2.75) is 26.3 Å². The first-order valence-corrected chi connectivity index (χ1v) is 5.44. The van der Waals surface area contributed by atoms with Crippen molar-refractivity contribution in [3.8, 4) is 0 Å². The van der Waals surface area contributed by atoms with Crippen LogP contribution in [0.25, 0.3) is 0 Å². The van der Waals surface area contributed by atoms with Crippen LogP contribution in [0.2, 0.25) is 0 Å². The molecule has 1 amide bonds. The van der Waals surface area contributed by atoms with Gasteiger partial charge in [0, 0.05) is 17.6 Å². The van der Waals surface area contributed by atoms with Gasteiger partial charge in [-0.2, -0.15) is 0 Å². The zero-order valence-corrected chi connectivity index (χ0v) is 10.2. The summed E-state index contributed by atoms with van der Waals surface area (Å²) in [7, 11) is 0. The zero-order valence-electron chi connectivity index (χ0n) is 10.2. The first-order chi connectivity index (χ1) is 7.46. The highest BCUT2D eigenvalue weighted by molar-refractivity contribution is 5.94. The highest BCUT2D eigenvalue weighted by Gasteiger charge is 2.25. The van der Waals surface area contributed by atoms with Gasteiger partial charge in [-0.3, -0.25) is 4.79 Å². The van der Waals surface area contributed by atoms with Crippen LogP contribution in [-0.4, -0.2) is 22.9 Å². The number of benzene rings is 1. The third kappa shape index (κ3) is 2.96. The van der Waals surface area contributed by atoms with Crippen LogP contribution in [0.4, 0.5) is 0 Å². The Morgan fingerprint density at radius 2 is 1.88 bits per heavy atom. The molecule has 0 N–H and O–H groups in total. The highest BCUT2D eigenvalue weighted by Crippen LogP contribution is 2.16. The predicted octanol–water partition coefficient (Wildman–Crippen LogP) is 3.11. The average molecular weight is 217 g/mol. The quantitative estimate of drug-likeness (QED) is 0.712. The topological polar surface area (TPSA) is 20.3 Å². The van der Waals surface area contributed by atoms with Gasteiger partial charge in [-0.15, -0.1) is 6.58 Å². The summed E-state index contributed by atoms with van der Waals surface area (Å²) in [6.07, 6.45) is 1.76. The molecule has 0 fully saturated rings. The van der Waals surface area contributed by atoms with E-state index in [0.717, 1.165) is 5.56 Å². The van der Waals surface area contributed by atoms with Crippen molar-refractivity contribution < 1.29 is 4.79 Å². The molecule has 0 aromatic heterocycles. The van der Waals surface area contributed by atoms with Gasteiger partial charge >= 0.3 is 0 Å². The largest absolute Gasteiger partial charge is 0.330 e. The van der Waals surface area contributed by atoms with Crippen LogP contribution in [0.1, 0.15) is 31.1 Å². The fourth-order valence-corrected chi connectivity index (χ4v) is 1.53. The van der Waals surface area contributed by atoms with Crippen LogP contribution >= 0.6 is 0 Å². The molecule has 0 aliphatic heterocycles. The van der Waals surface area contributed by atoms with E-state index in [1.807, 2.05) is 56.0 Å². The van der Waals surface area contributed by atoms with E-state index in [9.17, 15) is 4.79 Å². The summed E-state index contributed by atoms with van der Waals surface area (Å²) in [4.78, 5) is 14.1.